The van der Waals surface area contributed by atoms with Gasteiger partial charge >= 0.3 is 7.82 Å². The van der Waals surface area contributed by atoms with Crippen molar-refractivity contribution in [2.45, 2.75) is 19.8 Å². The molecule has 0 saturated carbocycles. The highest BCUT2D eigenvalue weighted by Crippen LogP contribution is 2.35. The molecule has 0 aliphatic heterocycles. The lowest BCUT2D eigenvalue weighted by molar-refractivity contribution is 0.194. The number of phosphoric acid groups is 1. The third-order valence-corrected chi connectivity index (χ3v) is 6.10. The first kappa shape index (κ1) is 24.7. The number of phosphoric ester groups is 1. The van der Waals surface area contributed by atoms with Crippen molar-refractivity contribution < 1.29 is 18.9 Å². The fourth-order valence-electron chi connectivity index (χ4n) is 3.93. The summed E-state index contributed by atoms with van der Waals surface area (Å²) in [6.07, 6.45) is 1.56. The minimum atomic E-state index is -4.20. The van der Waals surface area contributed by atoms with E-state index in [-0.39, 0.29) is 6.61 Å². The Morgan fingerprint density at radius 2 is 0.943 bits per heavy atom. The molecule has 4 N–H and O–H groups in total. The number of hydrogen-bond acceptors (Lipinski definition) is 2. The second-order valence-electron chi connectivity index (χ2n) is 8.11. The highest BCUT2D eigenvalue weighted by molar-refractivity contribution is 7.46. The summed E-state index contributed by atoms with van der Waals surface area (Å²) in [5, 5.41) is 5.22. The lowest BCUT2D eigenvalue weighted by atomic mass is 10.2. The van der Waals surface area contributed by atoms with Gasteiger partial charge in [0.1, 0.15) is 0 Å². The molecule has 0 amide bonds. The molecule has 0 fully saturated rings. The van der Waals surface area contributed by atoms with Gasteiger partial charge in [0.2, 0.25) is 0 Å². The van der Waals surface area contributed by atoms with Gasteiger partial charge in [0.25, 0.3) is 0 Å². The predicted molar refractivity (Wildman–Crippen MR) is 145 cm³/mol. The normalized spacial score (nSPS) is 11.3. The Balaban J connectivity index is 0.000000127. The smallest absolute Gasteiger partial charge is 0.355 e. The molecule has 0 radical (unpaired) electrons. The Morgan fingerprint density at radius 1 is 0.629 bits per heavy atom. The van der Waals surface area contributed by atoms with Gasteiger partial charge in [0, 0.05) is 43.6 Å². The van der Waals surface area contributed by atoms with Crippen LogP contribution in [0.15, 0.2) is 97.1 Å². The van der Waals surface area contributed by atoms with Crippen LogP contribution in [0.5, 0.6) is 0 Å². The van der Waals surface area contributed by atoms with Crippen LogP contribution in [-0.4, -0.2) is 26.4 Å². The minimum absolute atomic E-state index is 0.140. The van der Waals surface area contributed by atoms with Gasteiger partial charge in [0.05, 0.1) is 6.61 Å². The van der Waals surface area contributed by atoms with Gasteiger partial charge in [-0.15, -0.1) is 0 Å². The zero-order chi connectivity index (χ0) is 24.7. The molecule has 4 aromatic carbocycles. The molecule has 6 aromatic rings. The molecule has 6 rings (SSSR count). The van der Waals surface area contributed by atoms with Gasteiger partial charge in [-0.1, -0.05) is 86.1 Å². The van der Waals surface area contributed by atoms with E-state index in [4.69, 9.17) is 9.79 Å². The first-order valence-electron chi connectivity index (χ1n) is 11.6. The molecule has 0 spiro atoms. The van der Waals surface area contributed by atoms with Crippen LogP contribution in [0.25, 0.3) is 43.6 Å². The number of fused-ring (bicyclic) bond motifs is 6. The Hall–Kier alpha value is -3.41. The standard InChI is InChI=1S/2C12H9N.C4H11O4P/c2*1-3-7-11-9(5-1)10-6-2-4-8-12(10)13-11;1-2-3-4-8-9(5,6)7/h2*1-8,13H;2-4H2,1H3,(H2,5,6,7). The number of aromatic amines is 2. The lowest BCUT2D eigenvalue weighted by Gasteiger charge is -2.02. The fraction of sp³-hybridized carbons (Fsp3) is 0.143. The Labute approximate surface area is 203 Å². The summed E-state index contributed by atoms with van der Waals surface area (Å²) >= 11 is 0. The highest BCUT2D eigenvalue weighted by atomic mass is 31.2. The molecule has 35 heavy (non-hydrogen) atoms. The van der Waals surface area contributed by atoms with Crippen molar-refractivity contribution >= 4 is 51.4 Å². The number of benzene rings is 4. The van der Waals surface area contributed by atoms with E-state index in [1.807, 2.05) is 6.92 Å². The molecular weight excluding hydrogens is 459 g/mol. The van der Waals surface area contributed by atoms with Crippen molar-refractivity contribution in [1.82, 2.24) is 9.97 Å². The van der Waals surface area contributed by atoms with Crippen LogP contribution in [0.3, 0.4) is 0 Å². The van der Waals surface area contributed by atoms with Crippen LogP contribution in [-0.2, 0) is 9.09 Å². The van der Waals surface area contributed by atoms with Gasteiger partial charge in [-0.2, -0.15) is 0 Å². The molecule has 0 atom stereocenters. The fourth-order valence-corrected chi connectivity index (χ4v) is 4.29. The number of para-hydroxylation sites is 4. The van der Waals surface area contributed by atoms with Crippen molar-refractivity contribution in [3.05, 3.63) is 97.1 Å². The van der Waals surface area contributed by atoms with E-state index < -0.39 is 7.82 Å². The Morgan fingerprint density at radius 3 is 1.23 bits per heavy atom. The molecule has 0 aliphatic carbocycles. The first-order valence-corrected chi connectivity index (χ1v) is 13.1. The van der Waals surface area contributed by atoms with Crippen LogP contribution < -0.4 is 0 Å². The zero-order valence-electron chi connectivity index (χ0n) is 19.5. The van der Waals surface area contributed by atoms with E-state index in [0.717, 1.165) is 6.42 Å². The molecule has 0 unspecified atom stereocenters. The quantitative estimate of drug-likeness (QED) is 0.152. The van der Waals surface area contributed by atoms with Gasteiger partial charge in [-0.05, 0) is 30.7 Å². The summed E-state index contributed by atoms with van der Waals surface area (Å²) in [5.74, 6) is 0. The number of hydrogen-bond donors (Lipinski definition) is 4. The average molecular weight is 489 g/mol. The molecular formula is C28H29N2O4P. The highest BCUT2D eigenvalue weighted by Gasteiger charge is 2.11. The third kappa shape index (κ3) is 6.38. The first-order chi connectivity index (χ1) is 17.0. The molecule has 0 saturated heterocycles. The van der Waals surface area contributed by atoms with Gasteiger partial charge in [-0.25, -0.2) is 4.57 Å². The monoisotopic (exact) mass is 488 g/mol. The second-order valence-corrected chi connectivity index (χ2v) is 9.35. The van der Waals surface area contributed by atoms with Crippen LogP contribution in [0.2, 0.25) is 0 Å². The van der Waals surface area contributed by atoms with Gasteiger partial charge in [0.15, 0.2) is 0 Å². The maximum Gasteiger partial charge on any atom is 0.469 e. The van der Waals surface area contributed by atoms with Crippen LogP contribution in [0.4, 0.5) is 0 Å². The predicted octanol–water partition coefficient (Wildman–Crippen LogP) is 7.54. The maximum absolute atomic E-state index is 9.98. The lowest BCUT2D eigenvalue weighted by Crippen LogP contribution is -1.90. The molecule has 0 bridgehead atoms. The number of rotatable bonds is 4. The van der Waals surface area contributed by atoms with Crippen LogP contribution in [0, 0.1) is 0 Å². The van der Waals surface area contributed by atoms with Crippen molar-refractivity contribution in [2.75, 3.05) is 6.61 Å². The van der Waals surface area contributed by atoms with Crippen molar-refractivity contribution in [2.24, 2.45) is 0 Å². The molecule has 7 heteroatoms. The summed E-state index contributed by atoms with van der Waals surface area (Å²) in [7, 11) is -4.20. The summed E-state index contributed by atoms with van der Waals surface area (Å²) in [4.78, 5) is 23.0. The van der Waals surface area contributed by atoms with E-state index in [1.165, 1.54) is 43.6 Å². The van der Waals surface area contributed by atoms with Crippen molar-refractivity contribution in [3.8, 4) is 0 Å². The zero-order valence-corrected chi connectivity index (χ0v) is 20.4. The van der Waals surface area contributed by atoms with E-state index in [2.05, 4.69) is 112 Å². The van der Waals surface area contributed by atoms with Crippen molar-refractivity contribution in [1.29, 1.82) is 0 Å². The summed E-state index contributed by atoms with van der Waals surface area (Å²) in [6, 6.07) is 33.5. The topological polar surface area (TPSA) is 98.3 Å². The van der Waals surface area contributed by atoms with Crippen LogP contribution in [0.1, 0.15) is 19.8 Å². The summed E-state index contributed by atoms with van der Waals surface area (Å²) < 4.78 is 14.1. The number of unbranched alkanes of at least 4 members (excludes halogenated alkanes) is 1. The Kier molecular flexibility index (Phi) is 8.01. The van der Waals surface area contributed by atoms with E-state index in [0.29, 0.717) is 6.42 Å². The number of aromatic nitrogens is 2. The van der Waals surface area contributed by atoms with Gasteiger partial charge < -0.3 is 19.8 Å². The van der Waals surface area contributed by atoms with E-state index in [9.17, 15) is 4.57 Å². The van der Waals surface area contributed by atoms with E-state index >= 15 is 0 Å². The molecule has 0 aliphatic rings. The molecule has 2 heterocycles. The number of nitrogens with one attached hydrogen (secondary N) is 2. The maximum atomic E-state index is 9.98. The molecule has 180 valence electrons. The number of H-pyrrole nitrogens is 2. The average Bonchev–Trinajstić information content (AvgIpc) is 3.43. The van der Waals surface area contributed by atoms with Crippen LogP contribution >= 0.6 is 7.82 Å². The largest absolute Gasteiger partial charge is 0.469 e. The summed E-state index contributed by atoms with van der Waals surface area (Å²) in [5.41, 5.74) is 4.85. The Bertz CT molecular complexity index is 1380. The second kappa shape index (κ2) is 11.3. The molecule has 2 aromatic heterocycles. The van der Waals surface area contributed by atoms with E-state index in [1.54, 1.807) is 0 Å². The van der Waals surface area contributed by atoms with Crippen molar-refractivity contribution in [3.63, 3.8) is 0 Å². The third-order valence-electron chi connectivity index (χ3n) is 5.58. The van der Waals surface area contributed by atoms with Gasteiger partial charge in [-0.3, -0.25) is 4.52 Å². The SMILES string of the molecule is CCCCOP(=O)(O)O.c1ccc2c(c1)[nH]c1ccccc12.c1ccc2c(c1)[nH]c1ccccc12. The minimum Gasteiger partial charge on any atom is -0.355 e. The molecule has 6 nitrogen and oxygen atoms in total. The summed E-state index contributed by atoms with van der Waals surface area (Å²) in [6.45, 7) is 2.06.